The Morgan fingerprint density at radius 2 is 1.47 bits per heavy atom. The van der Waals surface area contributed by atoms with Crippen LogP contribution in [-0.4, -0.2) is 127 Å². The molecule has 12 N–H and O–H groups in total. The minimum absolute atomic E-state index is 0.0595. The summed E-state index contributed by atoms with van der Waals surface area (Å²) in [6.07, 6.45) is 7.73. The third-order valence-electron chi connectivity index (χ3n) is 8.48. The van der Waals surface area contributed by atoms with E-state index >= 15 is 0 Å². The number of imidazole rings is 2. The fraction of sp³-hybridized carbons (Fsp3) is 0.625. The van der Waals surface area contributed by atoms with E-state index in [-0.39, 0.29) is 38.1 Å². The van der Waals surface area contributed by atoms with Gasteiger partial charge in [-0.1, -0.05) is 13.8 Å². The average molecular weight is 718 g/mol. The Kier molecular flexibility index (Phi) is 16.0. The Labute approximate surface area is 295 Å². The summed E-state index contributed by atoms with van der Waals surface area (Å²) >= 11 is 0. The Balaban J connectivity index is 1.76. The van der Waals surface area contributed by atoms with Gasteiger partial charge in [0, 0.05) is 43.2 Å². The van der Waals surface area contributed by atoms with E-state index in [1.807, 2.05) is 13.8 Å². The molecule has 0 radical (unpaired) electrons. The lowest BCUT2D eigenvalue weighted by Crippen LogP contribution is -2.60. The number of aromatic nitrogens is 4. The van der Waals surface area contributed by atoms with E-state index < -0.39 is 78.4 Å². The molecule has 1 aliphatic rings. The molecule has 0 bridgehead atoms. The summed E-state index contributed by atoms with van der Waals surface area (Å²) < 4.78 is 0. The number of hydrogen-bond donors (Lipinski definition) is 10. The smallest absolute Gasteiger partial charge is 0.326 e. The summed E-state index contributed by atoms with van der Waals surface area (Å²) in [6, 6.07) is -6.98. The molecule has 6 atom stereocenters. The molecule has 1 saturated heterocycles. The molecule has 2 aromatic heterocycles. The van der Waals surface area contributed by atoms with Gasteiger partial charge < -0.3 is 57.8 Å². The number of aliphatic hydroxyl groups excluding tert-OH is 1. The first-order chi connectivity index (χ1) is 24.3. The summed E-state index contributed by atoms with van der Waals surface area (Å²) in [5.41, 5.74) is 12.6. The van der Waals surface area contributed by atoms with Crippen molar-refractivity contribution in [3.8, 4) is 0 Å². The van der Waals surface area contributed by atoms with Crippen LogP contribution in [0.5, 0.6) is 0 Å². The first kappa shape index (κ1) is 40.5. The van der Waals surface area contributed by atoms with Gasteiger partial charge in [0.15, 0.2) is 0 Å². The monoisotopic (exact) mass is 717 g/mol. The number of carbonyl (C=O) groups is 6. The second-order valence-corrected chi connectivity index (χ2v) is 13.0. The molecule has 19 nitrogen and oxygen atoms in total. The molecule has 51 heavy (non-hydrogen) atoms. The number of aliphatic carboxylic acids is 1. The maximum atomic E-state index is 13.8. The number of nitrogens with two attached hydrogens (primary N) is 2. The predicted octanol–water partition coefficient (Wildman–Crippen LogP) is -2.57. The number of likely N-dealkylation sites (tertiary alicyclic amines) is 1. The summed E-state index contributed by atoms with van der Waals surface area (Å²) in [5.74, 6) is -4.57. The molecule has 0 unspecified atom stereocenters. The number of amides is 5. The number of hydrogen-bond acceptors (Lipinski definition) is 11. The fourth-order valence-electron chi connectivity index (χ4n) is 5.80. The highest BCUT2D eigenvalue weighted by Crippen LogP contribution is 2.19. The fourth-order valence-corrected chi connectivity index (χ4v) is 5.80. The number of carbonyl (C=O) groups excluding carboxylic acids is 5. The average Bonchev–Trinajstić information content (AvgIpc) is 3.89. The van der Waals surface area contributed by atoms with E-state index in [1.165, 1.54) is 29.9 Å². The van der Waals surface area contributed by atoms with Crippen molar-refractivity contribution in [2.24, 2.45) is 17.4 Å². The number of H-pyrrole nitrogens is 2. The van der Waals surface area contributed by atoms with Crippen molar-refractivity contribution in [1.29, 1.82) is 0 Å². The number of rotatable bonds is 21. The van der Waals surface area contributed by atoms with Gasteiger partial charge in [-0.2, -0.15) is 0 Å². The number of carboxylic acid groups (broad SMARTS) is 1. The molecule has 1 fully saturated rings. The zero-order valence-electron chi connectivity index (χ0n) is 29.0. The molecular formula is C32H51N11O8. The van der Waals surface area contributed by atoms with Crippen LogP contribution in [0.2, 0.25) is 0 Å². The molecule has 1 aliphatic heterocycles. The second kappa shape index (κ2) is 20.1. The highest BCUT2D eigenvalue weighted by molar-refractivity contribution is 5.96. The van der Waals surface area contributed by atoms with Crippen LogP contribution < -0.4 is 32.7 Å². The van der Waals surface area contributed by atoms with E-state index in [4.69, 9.17) is 11.5 Å². The van der Waals surface area contributed by atoms with Crippen LogP contribution in [0.25, 0.3) is 0 Å². The molecule has 3 heterocycles. The Bertz CT molecular complexity index is 1440. The van der Waals surface area contributed by atoms with E-state index in [1.54, 1.807) is 0 Å². The molecule has 19 heteroatoms. The molecule has 0 aromatic carbocycles. The van der Waals surface area contributed by atoms with Gasteiger partial charge in [0.1, 0.15) is 30.2 Å². The number of unbranched alkanes of at least 4 members (excludes halogenated alkanes) is 1. The minimum Gasteiger partial charge on any atom is -0.480 e. The molecule has 3 rings (SSSR count). The van der Waals surface area contributed by atoms with Gasteiger partial charge in [0.05, 0.1) is 25.3 Å². The van der Waals surface area contributed by atoms with Gasteiger partial charge in [-0.3, -0.25) is 24.0 Å². The minimum atomic E-state index is -1.33. The lowest BCUT2D eigenvalue weighted by Gasteiger charge is -2.30. The van der Waals surface area contributed by atoms with Gasteiger partial charge in [-0.05, 0) is 51.0 Å². The predicted molar refractivity (Wildman–Crippen MR) is 182 cm³/mol. The van der Waals surface area contributed by atoms with Crippen molar-refractivity contribution in [1.82, 2.24) is 46.1 Å². The maximum Gasteiger partial charge on any atom is 0.326 e. The van der Waals surface area contributed by atoms with Crippen molar-refractivity contribution in [3.05, 3.63) is 36.4 Å². The molecule has 282 valence electrons. The van der Waals surface area contributed by atoms with Crippen LogP contribution in [0.4, 0.5) is 0 Å². The largest absolute Gasteiger partial charge is 0.480 e. The number of nitrogens with zero attached hydrogens (tertiary/aromatic N) is 3. The van der Waals surface area contributed by atoms with Crippen LogP contribution in [0.15, 0.2) is 25.0 Å². The zero-order chi connectivity index (χ0) is 37.5. The molecule has 0 spiro atoms. The first-order valence-electron chi connectivity index (χ1n) is 17.1. The number of aromatic amines is 2. The van der Waals surface area contributed by atoms with Crippen LogP contribution in [0, 0.1) is 5.92 Å². The summed E-state index contributed by atoms with van der Waals surface area (Å²) in [6.45, 7) is 3.58. The molecule has 5 amide bonds. The lowest BCUT2D eigenvalue weighted by molar-refractivity contribution is -0.143. The van der Waals surface area contributed by atoms with Crippen molar-refractivity contribution < 1.29 is 39.0 Å². The van der Waals surface area contributed by atoms with Gasteiger partial charge in [0.2, 0.25) is 29.5 Å². The van der Waals surface area contributed by atoms with E-state index in [0.29, 0.717) is 43.6 Å². The normalized spacial score (nSPS) is 17.2. The second-order valence-electron chi connectivity index (χ2n) is 13.0. The number of carboxylic acids is 1. The van der Waals surface area contributed by atoms with Crippen molar-refractivity contribution in [2.75, 3.05) is 19.7 Å². The quantitative estimate of drug-likeness (QED) is 0.0596. The van der Waals surface area contributed by atoms with Crippen LogP contribution in [-0.2, 0) is 41.6 Å². The van der Waals surface area contributed by atoms with Gasteiger partial charge >= 0.3 is 5.97 Å². The van der Waals surface area contributed by atoms with Gasteiger partial charge in [0.25, 0.3) is 0 Å². The number of aliphatic hydroxyl groups is 1. The van der Waals surface area contributed by atoms with E-state index in [2.05, 4.69) is 41.2 Å². The van der Waals surface area contributed by atoms with Crippen molar-refractivity contribution in [3.63, 3.8) is 0 Å². The van der Waals surface area contributed by atoms with E-state index in [0.717, 1.165) is 0 Å². The van der Waals surface area contributed by atoms with Crippen LogP contribution in [0.1, 0.15) is 63.8 Å². The van der Waals surface area contributed by atoms with Gasteiger partial charge in [-0.25, -0.2) is 14.8 Å². The topological polar surface area (TPSA) is 304 Å². The lowest BCUT2D eigenvalue weighted by atomic mass is 10.0. The highest BCUT2D eigenvalue weighted by Gasteiger charge is 2.39. The highest BCUT2D eigenvalue weighted by atomic mass is 16.4. The van der Waals surface area contributed by atoms with Crippen molar-refractivity contribution in [2.45, 2.75) is 101 Å². The number of nitrogens with one attached hydrogen (secondary N) is 6. The van der Waals surface area contributed by atoms with Gasteiger partial charge in [-0.15, -0.1) is 0 Å². The third kappa shape index (κ3) is 12.4. The molecule has 0 saturated carbocycles. The summed E-state index contributed by atoms with van der Waals surface area (Å²) in [7, 11) is 0. The summed E-state index contributed by atoms with van der Waals surface area (Å²) in [5, 5.41) is 30.1. The Morgan fingerprint density at radius 1 is 0.882 bits per heavy atom. The molecule has 0 aliphatic carbocycles. The standard InChI is InChI=1S/C32H51N11O8/c1-18(2)10-21(34)27(45)42-25(15-44)31(49)43-9-5-7-26(43)30(48)40-23(11-19-13-35-16-37-19)29(47)39-22(6-3-4-8-33)28(46)41-24(32(50)51)12-20-14-36-17-38-20/h13-14,16-18,21-26,44H,3-12,15,33-34H2,1-2H3,(H,35,37)(H,36,38)(H,39,47)(H,40,48)(H,41,46)(H,42,45)(H,50,51)/t21-,22-,23-,24-,25-,26-/m0/s1. The van der Waals surface area contributed by atoms with Crippen LogP contribution in [0.3, 0.4) is 0 Å². The molecule has 2 aromatic rings. The maximum absolute atomic E-state index is 13.8. The Morgan fingerprint density at radius 3 is 2.02 bits per heavy atom. The first-order valence-corrected chi connectivity index (χ1v) is 17.1. The van der Waals surface area contributed by atoms with Crippen molar-refractivity contribution >= 4 is 35.5 Å². The Hall–Kier alpha value is -4.88. The molecular weight excluding hydrogens is 666 g/mol. The van der Waals surface area contributed by atoms with E-state index in [9.17, 15) is 39.0 Å². The SMILES string of the molecule is CC(C)C[C@H](N)C(=O)N[C@@H](CO)C(=O)N1CCC[C@H]1C(=O)N[C@@H](Cc1cnc[nH]1)C(=O)N[C@@H](CCCCN)C(=O)N[C@@H](Cc1cnc[nH]1)C(=O)O. The van der Waals surface area contributed by atoms with Crippen LogP contribution >= 0.6 is 0 Å². The third-order valence-corrected chi connectivity index (χ3v) is 8.48. The summed E-state index contributed by atoms with van der Waals surface area (Å²) in [4.78, 5) is 93.8. The zero-order valence-corrected chi connectivity index (χ0v) is 29.0.